The molecule has 0 saturated heterocycles. The van der Waals surface area contributed by atoms with Gasteiger partial charge in [-0.1, -0.05) is 71.3 Å². The van der Waals surface area contributed by atoms with Gasteiger partial charge in [0.15, 0.2) is 17.5 Å². The van der Waals surface area contributed by atoms with E-state index >= 15 is 0 Å². The molecule has 2 N–H and O–H groups in total. The van der Waals surface area contributed by atoms with Crippen molar-refractivity contribution in [2.75, 3.05) is 0 Å². The minimum atomic E-state index is -0.984. The number of aromatic nitrogens is 1. The summed E-state index contributed by atoms with van der Waals surface area (Å²) >= 11 is 6.09. The van der Waals surface area contributed by atoms with Crippen LogP contribution in [-0.4, -0.2) is 32.4 Å². The van der Waals surface area contributed by atoms with Gasteiger partial charge in [-0.15, -0.1) is 0 Å². The van der Waals surface area contributed by atoms with Crippen LogP contribution in [0.1, 0.15) is 90.6 Å². The molecule has 0 saturated carbocycles. The highest BCUT2D eigenvalue weighted by Crippen LogP contribution is 2.40. The highest BCUT2D eigenvalue weighted by Gasteiger charge is 2.45. The largest absolute Gasteiger partial charge is 0.507 e. The number of carbonyl (C=O) groups is 2. The average Bonchev–Trinajstić information content (AvgIpc) is 3.11. The molecule has 0 radical (unpaired) electrons. The molecule has 1 aliphatic carbocycles. The van der Waals surface area contributed by atoms with Crippen molar-refractivity contribution in [2.45, 2.75) is 58.3 Å². The Morgan fingerprint density at radius 1 is 0.925 bits per heavy atom. The number of benzene rings is 3. The highest BCUT2D eigenvalue weighted by atomic mass is 35.5. The number of carbonyl (C=O) groups excluding carboxylic acids is 3. The van der Waals surface area contributed by atoms with Crippen molar-refractivity contribution in [1.29, 1.82) is 0 Å². The molecule has 0 spiro atoms. The Hall–Kier alpha value is -4.03. The Bertz CT molecular complexity index is 1690. The molecular weight excluding hydrogens is 526 g/mol. The number of phenols is 1. The Morgan fingerprint density at radius 2 is 1.57 bits per heavy atom. The number of hydrogen-bond acceptors (Lipinski definition) is 5. The molecule has 204 valence electrons. The van der Waals surface area contributed by atoms with Crippen LogP contribution in [0.4, 0.5) is 0 Å². The number of rotatable bonds is 3. The van der Waals surface area contributed by atoms with Crippen LogP contribution in [0, 0.1) is 0 Å². The molecule has 0 fully saturated rings. The van der Waals surface area contributed by atoms with E-state index in [4.69, 9.17) is 16.3 Å². The number of hydrogen-bond donors (Lipinski definition) is 1. The number of phenolic OH excluding ortho intramolecular Hbond substituents is 1. The number of halogens is 1. The van der Waals surface area contributed by atoms with Gasteiger partial charge >= 0.3 is 11.8 Å². The van der Waals surface area contributed by atoms with E-state index in [-0.39, 0.29) is 23.1 Å². The zero-order valence-electron chi connectivity index (χ0n) is 23.3. The monoisotopic (exact) mass is 556 g/mol. The van der Waals surface area contributed by atoms with Crippen LogP contribution in [0.5, 0.6) is 11.5 Å². The first-order valence-electron chi connectivity index (χ1n) is 13.1. The van der Waals surface area contributed by atoms with Crippen LogP contribution in [0.2, 0.25) is 5.02 Å². The average molecular weight is 557 g/mol. The Morgan fingerprint density at radius 3 is 2.20 bits per heavy atom. The van der Waals surface area contributed by atoms with Crippen molar-refractivity contribution < 1.29 is 24.2 Å². The second-order valence-electron chi connectivity index (χ2n) is 12.2. The third-order valence-electron chi connectivity index (χ3n) is 7.22. The van der Waals surface area contributed by atoms with E-state index in [1.807, 2.05) is 47.6 Å². The lowest BCUT2D eigenvalue weighted by atomic mass is 9.78. The van der Waals surface area contributed by atoms with Gasteiger partial charge in [-0.3, -0.25) is 9.59 Å². The standard InChI is InChI=1S/C33H30ClNO5/c1-32(2,3)22-14-18(15-23(30(22)38)33(4,5)6)31(39)40-25-9-7-8-17-10-13-24(35-27(17)25)26-28(36)20-12-11-19(34)16-21(20)29(26)37/h7-16,26,38H,1-6H3/p+1. The molecule has 1 aromatic heterocycles. The van der Waals surface area contributed by atoms with E-state index in [9.17, 15) is 19.5 Å². The van der Waals surface area contributed by atoms with Crippen molar-refractivity contribution in [3.63, 3.8) is 0 Å². The van der Waals surface area contributed by atoms with Gasteiger partial charge in [-0.2, -0.15) is 0 Å². The van der Waals surface area contributed by atoms with Gasteiger partial charge in [0.2, 0.25) is 0 Å². The number of nitrogens with zero attached hydrogens (tertiary/aromatic N) is 1. The first-order chi connectivity index (χ1) is 18.7. The number of esters is 1. The SMILES string of the molecule is CC(C)(C)c1cc(C(=O)Oc2cccc3ccc(C4C(=O)c5ccc(Cl)cc5C4=[OH+])nc23)cc(C(C)(C)C)c1O. The molecule has 0 amide bonds. The van der Waals surface area contributed by atoms with Crippen LogP contribution in [0.25, 0.3) is 10.9 Å². The van der Waals surface area contributed by atoms with Gasteiger partial charge in [-0.25, -0.2) is 9.78 Å². The van der Waals surface area contributed by atoms with E-state index in [0.29, 0.717) is 49.4 Å². The molecule has 1 atom stereocenters. The van der Waals surface area contributed by atoms with Gasteiger partial charge in [0.1, 0.15) is 11.3 Å². The van der Waals surface area contributed by atoms with Crippen molar-refractivity contribution in [3.05, 3.63) is 99.2 Å². The quantitative estimate of drug-likeness (QED) is 0.124. The van der Waals surface area contributed by atoms with Crippen molar-refractivity contribution in [1.82, 2.24) is 4.98 Å². The number of fused-ring (bicyclic) bond motifs is 2. The maximum Gasteiger partial charge on any atom is 0.343 e. The smallest absolute Gasteiger partial charge is 0.343 e. The summed E-state index contributed by atoms with van der Waals surface area (Å²) in [6.07, 6.45) is 0. The molecule has 1 unspecified atom stereocenters. The molecular formula is C33H31ClNO5+. The molecule has 0 bridgehead atoms. The Kier molecular flexibility index (Phi) is 6.58. The van der Waals surface area contributed by atoms with Gasteiger partial charge in [0.25, 0.3) is 0 Å². The second-order valence-corrected chi connectivity index (χ2v) is 12.7. The maximum atomic E-state index is 13.5. The summed E-state index contributed by atoms with van der Waals surface area (Å²) in [6, 6.07) is 16.8. The number of Topliss-reactive ketones (excluding diaryl/α,β-unsaturated/α-hetero) is 1. The summed E-state index contributed by atoms with van der Waals surface area (Å²) in [6.45, 7) is 11.8. The van der Waals surface area contributed by atoms with E-state index in [1.54, 1.807) is 54.6 Å². The van der Waals surface area contributed by atoms with Crippen molar-refractivity contribution in [3.8, 4) is 11.5 Å². The first-order valence-corrected chi connectivity index (χ1v) is 13.4. The van der Waals surface area contributed by atoms with E-state index in [2.05, 4.69) is 4.98 Å². The summed E-state index contributed by atoms with van der Waals surface area (Å²) in [5, 5.41) is 12.2. The number of ether oxygens (including phenoxy) is 1. The fraction of sp³-hybridized carbons (Fsp3) is 0.273. The molecule has 40 heavy (non-hydrogen) atoms. The molecule has 1 aliphatic rings. The summed E-state index contributed by atoms with van der Waals surface area (Å²) in [5.74, 6) is -1.58. The van der Waals surface area contributed by atoms with Gasteiger partial charge < -0.3 is 9.84 Å². The lowest BCUT2D eigenvalue weighted by molar-refractivity contribution is 0.0736. The Balaban J connectivity index is 1.55. The normalized spacial score (nSPS) is 15.4. The van der Waals surface area contributed by atoms with Crippen LogP contribution in [0.3, 0.4) is 0 Å². The third-order valence-corrected chi connectivity index (χ3v) is 7.46. The summed E-state index contributed by atoms with van der Waals surface area (Å²) < 4.78 is 5.88. The fourth-order valence-corrected chi connectivity index (χ4v) is 5.26. The van der Waals surface area contributed by atoms with Gasteiger partial charge in [-0.05, 0) is 53.3 Å². The number of para-hydroxylation sites is 1. The van der Waals surface area contributed by atoms with Crippen LogP contribution >= 0.6 is 11.6 Å². The molecule has 4 aromatic rings. The molecule has 1 heterocycles. The number of ketones is 2. The lowest BCUT2D eigenvalue weighted by Gasteiger charge is -2.28. The predicted molar refractivity (Wildman–Crippen MR) is 157 cm³/mol. The topological polar surface area (TPSA) is 97.9 Å². The minimum Gasteiger partial charge on any atom is -0.507 e. The van der Waals surface area contributed by atoms with Gasteiger partial charge in [0.05, 0.1) is 16.8 Å². The number of aromatic hydroxyl groups is 1. The first kappa shape index (κ1) is 27.5. The third kappa shape index (κ3) is 4.77. The van der Waals surface area contributed by atoms with Gasteiger partial charge in [0, 0.05) is 27.1 Å². The highest BCUT2D eigenvalue weighted by molar-refractivity contribution is 6.34. The zero-order valence-corrected chi connectivity index (χ0v) is 24.1. The Labute approximate surface area is 238 Å². The van der Waals surface area contributed by atoms with Crippen molar-refractivity contribution in [2.24, 2.45) is 0 Å². The van der Waals surface area contributed by atoms with Crippen LogP contribution in [0.15, 0.2) is 60.7 Å². The van der Waals surface area contributed by atoms with Crippen LogP contribution < -0.4 is 4.74 Å². The van der Waals surface area contributed by atoms with Crippen LogP contribution in [-0.2, 0) is 10.8 Å². The molecule has 7 heteroatoms. The molecule has 5 rings (SSSR count). The predicted octanol–water partition coefficient (Wildman–Crippen LogP) is 7.28. The van der Waals surface area contributed by atoms with E-state index in [1.165, 1.54) is 0 Å². The fourth-order valence-electron chi connectivity index (χ4n) is 5.09. The minimum absolute atomic E-state index is 0.114. The van der Waals surface area contributed by atoms with E-state index < -0.39 is 22.7 Å². The summed E-state index contributed by atoms with van der Waals surface area (Å²) in [5.41, 5.74) is 2.27. The van der Waals surface area contributed by atoms with E-state index in [0.717, 1.165) is 0 Å². The zero-order chi connectivity index (χ0) is 29.1. The molecule has 6 nitrogen and oxygen atoms in total. The molecule has 3 aromatic carbocycles. The maximum absolute atomic E-state index is 13.5. The number of pyridine rings is 1. The molecule has 0 aliphatic heterocycles. The lowest BCUT2D eigenvalue weighted by Crippen LogP contribution is -2.20. The second kappa shape index (κ2) is 9.56. The van der Waals surface area contributed by atoms with Crippen molar-refractivity contribution >= 4 is 40.0 Å². The summed E-state index contributed by atoms with van der Waals surface area (Å²) in [7, 11) is 0. The summed E-state index contributed by atoms with van der Waals surface area (Å²) in [4.78, 5) is 42.3.